The lowest BCUT2D eigenvalue weighted by Crippen LogP contribution is -2.26. The zero-order valence-electron chi connectivity index (χ0n) is 5.37. The molecule has 1 aliphatic rings. The molecule has 0 amide bonds. The van der Waals surface area contributed by atoms with Gasteiger partial charge in [0.15, 0.2) is 0 Å². The summed E-state index contributed by atoms with van der Waals surface area (Å²) in [6.45, 7) is 0.624. The lowest BCUT2D eigenvalue weighted by atomic mass is 10.1. The van der Waals surface area contributed by atoms with Gasteiger partial charge < -0.3 is 9.47 Å². The molecule has 1 heterocycles. The van der Waals surface area contributed by atoms with Gasteiger partial charge in [-0.2, -0.15) is 5.26 Å². The van der Waals surface area contributed by atoms with E-state index < -0.39 is 6.16 Å². The smallest absolute Gasteiger partial charge is 0.434 e. The highest BCUT2D eigenvalue weighted by Gasteiger charge is 2.20. The Balaban J connectivity index is 2.27. The summed E-state index contributed by atoms with van der Waals surface area (Å²) in [5.74, 6) is 0.0581. The van der Waals surface area contributed by atoms with E-state index in [1.165, 1.54) is 0 Å². The fraction of sp³-hybridized carbons (Fsp3) is 0.667. The molecule has 54 valence electrons. The Labute approximate surface area is 58.3 Å². The number of nitriles is 1. The number of hydrogen-bond acceptors (Lipinski definition) is 4. The Bertz CT molecular complexity index is 162. The van der Waals surface area contributed by atoms with Crippen molar-refractivity contribution in [3.8, 4) is 6.07 Å². The van der Waals surface area contributed by atoms with Gasteiger partial charge >= 0.3 is 6.16 Å². The monoisotopic (exact) mass is 141 g/mol. The average Bonchev–Trinajstić information content (AvgIpc) is 1.95. The molecule has 0 aromatic rings. The second kappa shape index (κ2) is 3.06. The summed E-state index contributed by atoms with van der Waals surface area (Å²) in [7, 11) is 0. The van der Waals surface area contributed by atoms with Gasteiger partial charge in [-0.3, -0.25) is 0 Å². The molecular formula is C6H7NO3. The molecule has 0 aromatic heterocycles. The van der Waals surface area contributed by atoms with Crippen LogP contribution in [-0.2, 0) is 9.47 Å². The maximum Gasteiger partial charge on any atom is 0.508 e. The summed E-state index contributed by atoms with van der Waals surface area (Å²) in [6.07, 6.45) is -0.248. The summed E-state index contributed by atoms with van der Waals surface area (Å²) >= 11 is 0. The first kappa shape index (κ1) is 6.87. The van der Waals surface area contributed by atoms with E-state index in [2.05, 4.69) is 9.47 Å². The maximum atomic E-state index is 10.3. The van der Waals surface area contributed by atoms with Crippen LogP contribution < -0.4 is 0 Å². The minimum Gasteiger partial charge on any atom is -0.434 e. The molecule has 1 aliphatic heterocycles. The first-order chi connectivity index (χ1) is 4.83. The second-order valence-electron chi connectivity index (χ2n) is 2.10. The van der Waals surface area contributed by atoms with E-state index in [0.717, 1.165) is 0 Å². The van der Waals surface area contributed by atoms with Crippen molar-refractivity contribution < 1.29 is 14.3 Å². The lowest BCUT2D eigenvalue weighted by Gasteiger charge is -2.18. The molecule has 0 unspecified atom stereocenters. The van der Waals surface area contributed by atoms with E-state index in [-0.39, 0.29) is 5.92 Å². The number of cyclic esters (lactones) is 2. The Morgan fingerprint density at radius 2 is 2.20 bits per heavy atom. The molecule has 0 aliphatic carbocycles. The maximum absolute atomic E-state index is 10.3. The van der Waals surface area contributed by atoms with Crippen LogP contribution in [0.4, 0.5) is 4.79 Å². The molecule has 0 radical (unpaired) electrons. The van der Waals surface area contributed by atoms with E-state index in [1.54, 1.807) is 0 Å². The van der Waals surface area contributed by atoms with Crippen molar-refractivity contribution in [1.82, 2.24) is 0 Å². The van der Waals surface area contributed by atoms with Crippen molar-refractivity contribution in [2.24, 2.45) is 5.92 Å². The SMILES string of the molecule is N#CCC1COC(=O)OC1. The van der Waals surface area contributed by atoms with Crippen molar-refractivity contribution in [2.75, 3.05) is 13.2 Å². The number of ether oxygens (including phenoxy) is 2. The van der Waals surface area contributed by atoms with E-state index in [4.69, 9.17) is 5.26 Å². The summed E-state index contributed by atoms with van der Waals surface area (Å²) in [5.41, 5.74) is 0. The van der Waals surface area contributed by atoms with Crippen molar-refractivity contribution in [3.63, 3.8) is 0 Å². The van der Waals surface area contributed by atoms with Gasteiger partial charge in [0.25, 0.3) is 0 Å². The standard InChI is InChI=1S/C6H7NO3/c7-2-1-5-3-9-6(8)10-4-5/h5H,1,3-4H2. The van der Waals surface area contributed by atoms with Gasteiger partial charge in [-0.15, -0.1) is 0 Å². The van der Waals surface area contributed by atoms with Gasteiger partial charge in [-0.05, 0) is 0 Å². The van der Waals surface area contributed by atoms with Gasteiger partial charge in [0, 0.05) is 12.3 Å². The van der Waals surface area contributed by atoms with Gasteiger partial charge in [0.1, 0.15) is 13.2 Å². The van der Waals surface area contributed by atoms with Crippen molar-refractivity contribution in [1.29, 1.82) is 5.26 Å². The molecule has 0 saturated carbocycles. The van der Waals surface area contributed by atoms with Gasteiger partial charge in [0.05, 0.1) is 6.07 Å². The first-order valence-electron chi connectivity index (χ1n) is 2.99. The molecule has 1 saturated heterocycles. The Morgan fingerprint density at radius 3 is 2.70 bits per heavy atom. The van der Waals surface area contributed by atoms with Crippen LogP contribution in [0.3, 0.4) is 0 Å². The van der Waals surface area contributed by atoms with Gasteiger partial charge in [0.2, 0.25) is 0 Å². The molecule has 4 heteroatoms. The molecule has 0 aromatic carbocycles. The molecule has 1 fully saturated rings. The fourth-order valence-corrected chi connectivity index (χ4v) is 0.709. The molecular weight excluding hydrogens is 134 g/mol. The normalized spacial score (nSPS) is 18.9. The van der Waals surface area contributed by atoms with Crippen molar-refractivity contribution in [3.05, 3.63) is 0 Å². The minimum absolute atomic E-state index is 0.0581. The Hall–Kier alpha value is -1.24. The van der Waals surface area contributed by atoms with Gasteiger partial charge in [-0.25, -0.2) is 4.79 Å². The highest BCUT2D eigenvalue weighted by Crippen LogP contribution is 2.09. The molecule has 0 N–H and O–H groups in total. The van der Waals surface area contributed by atoms with E-state index >= 15 is 0 Å². The summed E-state index contributed by atoms with van der Waals surface area (Å²) < 4.78 is 9.06. The highest BCUT2D eigenvalue weighted by atomic mass is 16.7. The fourth-order valence-electron chi connectivity index (χ4n) is 0.709. The van der Waals surface area contributed by atoms with Crippen LogP contribution in [0.15, 0.2) is 0 Å². The van der Waals surface area contributed by atoms with E-state index in [1.807, 2.05) is 6.07 Å². The summed E-state index contributed by atoms with van der Waals surface area (Å²) in [5, 5.41) is 8.24. The van der Waals surface area contributed by atoms with Crippen molar-refractivity contribution >= 4 is 6.16 Å². The minimum atomic E-state index is -0.630. The number of carbonyl (C=O) groups excluding carboxylic acids is 1. The lowest BCUT2D eigenvalue weighted by molar-refractivity contribution is -0.0106. The quantitative estimate of drug-likeness (QED) is 0.504. The van der Waals surface area contributed by atoms with E-state index in [9.17, 15) is 4.79 Å². The van der Waals surface area contributed by atoms with Crippen LogP contribution >= 0.6 is 0 Å². The predicted molar refractivity (Wildman–Crippen MR) is 31.0 cm³/mol. The van der Waals surface area contributed by atoms with Crippen LogP contribution in [0.25, 0.3) is 0 Å². The zero-order chi connectivity index (χ0) is 7.40. The topological polar surface area (TPSA) is 59.3 Å². The third kappa shape index (κ3) is 1.62. The highest BCUT2D eigenvalue weighted by molar-refractivity contribution is 5.60. The average molecular weight is 141 g/mol. The summed E-state index contributed by atoms with van der Waals surface area (Å²) in [6, 6.07) is 1.98. The van der Waals surface area contributed by atoms with Crippen LogP contribution in [0.1, 0.15) is 6.42 Å². The van der Waals surface area contributed by atoms with Crippen molar-refractivity contribution in [2.45, 2.75) is 6.42 Å². The molecule has 10 heavy (non-hydrogen) atoms. The predicted octanol–water partition coefficient (Wildman–Crippen LogP) is 0.683. The van der Waals surface area contributed by atoms with Crippen LogP contribution in [0, 0.1) is 17.2 Å². The van der Waals surface area contributed by atoms with Crippen LogP contribution in [-0.4, -0.2) is 19.4 Å². The molecule has 0 bridgehead atoms. The third-order valence-electron chi connectivity index (χ3n) is 1.25. The largest absolute Gasteiger partial charge is 0.508 e. The number of rotatable bonds is 1. The Kier molecular flexibility index (Phi) is 2.11. The van der Waals surface area contributed by atoms with Gasteiger partial charge in [-0.1, -0.05) is 0 Å². The number of carbonyl (C=O) groups is 1. The third-order valence-corrected chi connectivity index (χ3v) is 1.25. The van der Waals surface area contributed by atoms with Crippen LogP contribution in [0.5, 0.6) is 0 Å². The molecule has 0 spiro atoms. The first-order valence-corrected chi connectivity index (χ1v) is 2.99. The molecule has 4 nitrogen and oxygen atoms in total. The number of nitrogens with zero attached hydrogens (tertiary/aromatic N) is 1. The van der Waals surface area contributed by atoms with E-state index in [0.29, 0.717) is 19.6 Å². The van der Waals surface area contributed by atoms with Crippen LogP contribution in [0.2, 0.25) is 0 Å². The number of hydrogen-bond donors (Lipinski definition) is 0. The molecule has 1 rings (SSSR count). The Morgan fingerprint density at radius 1 is 1.60 bits per heavy atom. The molecule has 0 atom stereocenters. The second-order valence-corrected chi connectivity index (χ2v) is 2.10. The zero-order valence-corrected chi connectivity index (χ0v) is 5.37. The summed E-state index contributed by atoms with van der Waals surface area (Å²) in [4.78, 5) is 10.3.